The van der Waals surface area contributed by atoms with Crippen LogP contribution in [0.2, 0.25) is 0 Å². The molecule has 0 spiro atoms. The SMILES string of the molecule is C=C(C)C(=O)Cl.C=C(C)C(=O)Oc1ccccc1C(=O)OC.COC(=O)c1ccccc1O. The monoisotopic (exact) mass is 476 g/mol. The Morgan fingerprint density at radius 2 is 1.21 bits per heavy atom. The predicted molar refractivity (Wildman–Crippen MR) is 123 cm³/mol. The molecular formula is C24H25ClO8. The fourth-order valence-corrected chi connectivity index (χ4v) is 1.78. The zero-order valence-corrected chi connectivity index (χ0v) is 19.5. The number of benzene rings is 2. The van der Waals surface area contributed by atoms with Gasteiger partial charge in [0.1, 0.15) is 22.6 Å². The van der Waals surface area contributed by atoms with Gasteiger partial charge in [-0.15, -0.1) is 0 Å². The highest BCUT2D eigenvalue weighted by Gasteiger charge is 2.15. The molecule has 0 aromatic heterocycles. The number of carbonyl (C=O) groups excluding carboxylic acids is 4. The van der Waals surface area contributed by atoms with Crippen molar-refractivity contribution in [2.45, 2.75) is 13.8 Å². The largest absolute Gasteiger partial charge is 0.507 e. The van der Waals surface area contributed by atoms with Crippen LogP contribution in [0.4, 0.5) is 0 Å². The number of rotatable bonds is 5. The molecule has 0 aliphatic rings. The van der Waals surface area contributed by atoms with Crippen molar-refractivity contribution in [3.05, 3.63) is 84.0 Å². The molecule has 1 N–H and O–H groups in total. The van der Waals surface area contributed by atoms with Crippen molar-refractivity contribution < 1.29 is 38.5 Å². The second-order valence-electron chi connectivity index (χ2n) is 6.22. The van der Waals surface area contributed by atoms with E-state index < -0.39 is 23.2 Å². The van der Waals surface area contributed by atoms with E-state index in [2.05, 4.69) is 22.6 Å². The number of para-hydroxylation sites is 2. The molecule has 176 valence electrons. The van der Waals surface area contributed by atoms with Gasteiger partial charge in [0.05, 0.1) is 14.2 Å². The second kappa shape index (κ2) is 15.0. The highest BCUT2D eigenvalue weighted by atomic mass is 35.5. The highest BCUT2D eigenvalue weighted by Crippen LogP contribution is 2.19. The molecule has 0 bridgehead atoms. The number of hydrogen-bond acceptors (Lipinski definition) is 8. The predicted octanol–water partition coefficient (Wildman–Crippen LogP) is 4.46. The van der Waals surface area contributed by atoms with Crippen molar-refractivity contribution in [3.63, 3.8) is 0 Å². The van der Waals surface area contributed by atoms with E-state index >= 15 is 0 Å². The number of halogens is 1. The van der Waals surface area contributed by atoms with Gasteiger partial charge in [-0.25, -0.2) is 14.4 Å². The molecule has 2 aromatic rings. The molecule has 0 aliphatic carbocycles. The van der Waals surface area contributed by atoms with Crippen molar-refractivity contribution in [1.29, 1.82) is 0 Å². The van der Waals surface area contributed by atoms with Crippen LogP contribution in [0.25, 0.3) is 0 Å². The van der Waals surface area contributed by atoms with Crippen molar-refractivity contribution in [3.8, 4) is 11.5 Å². The van der Waals surface area contributed by atoms with Crippen LogP contribution in [0, 0.1) is 0 Å². The maximum Gasteiger partial charge on any atom is 0.341 e. The molecule has 8 nitrogen and oxygen atoms in total. The third-order valence-corrected chi connectivity index (χ3v) is 3.81. The quantitative estimate of drug-likeness (QED) is 0.291. The van der Waals surface area contributed by atoms with Crippen LogP contribution in [0.3, 0.4) is 0 Å². The lowest BCUT2D eigenvalue weighted by Gasteiger charge is -2.07. The van der Waals surface area contributed by atoms with Gasteiger partial charge in [0.2, 0.25) is 5.24 Å². The molecule has 2 rings (SSSR count). The number of carbonyl (C=O) groups is 4. The minimum atomic E-state index is -0.573. The Morgan fingerprint density at radius 3 is 1.64 bits per heavy atom. The van der Waals surface area contributed by atoms with E-state index in [9.17, 15) is 19.2 Å². The van der Waals surface area contributed by atoms with E-state index in [1.54, 1.807) is 31.2 Å². The lowest BCUT2D eigenvalue weighted by Crippen LogP contribution is -2.12. The average molecular weight is 477 g/mol. The number of ether oxygens (including phenoxy) is 3. The highest BCUT2D eigenvalue weighted by molar-refractivity contribution is 6.67. The lowest BCUT2D eigenvalue weighted by atomic mass is 10.2. The minimum absolute atomic E-state index is 0.0562. The third-order valence-electron chi connectivity index (χ3n) is 3.49. The van der Waals surface area contributed by atoms with Crippen LogP contribution in [0.15, 0.2) is 72.8 Å². The molecule has 33 heavy (non-hydrogen) atoms. The fraction of sp³-hybridized carbons (Fsp3) is 0.167. The first kappa shape index (κ1) is 29.1. The Kier molecular flexibility index (Phi) is 13.2. The van der Waals surface area contributed by atoms with Crippen molar-refractivity contribution >= 4 is 34.8 Å². The Labute approximate surface area is 197 Å². The maximum absolute atomic E-state index is 11.3. The average Bonchev–Trinajstić information content (AvgIpc) is 2.79. The normalized spacial score (nSPS) is 9.00. The summed E-state index contributed by atoms with van der Waals surface area (Å²) in [6, 6.07) is 12.6. The van der Waals surface area contributed by atoms with Crippen molar-refractivity contribution in [2.75, 3.05) is 14.2 Å². The van der Waals surface area contributed by atoms with Gasteiger partial charge >= 0.3 is 17.9 Å². The maximum atomic E-state index is 11.3. The first-order chi connectivity index (χ1) is 15.5. The van der Waals surface area contributed by atoms with Gasteiger partial charge < -0.3 is 19.3 Å². The topological polar surface area (TPSA) is 116 Å². The van der Waals surface area contributed by atoms with Crippen LogP contribution in [0.5, 0.6) is 11.5 Å². The van der Waals surface area contributed by atoms with Gasteiger partial charge in [-0.1, -0.05) is 37.4 Å². The first-order valence-corrected chi connectivity index (χ1v) is 9.60. The molecule has 0 saturated carbocycles. The summed E-state index contributed by atoms with van der Waals surface area (Å²) in [4.78, 5) is 43.3. The summed E-state index contributed by atoms with van der Waals surface area (Å²) in [5.74, 6) is -1.54. The van der Waals surface area contributed by atoms with Crippen molar-refractivity contribution in [2.24, 2.45) is 0 Å². The van der Waals surface area contributed by atoms with Crippen molar-refractivity contribution in [1.82, 2.24) is 0 Å². The summed E-state index contributed by atoms with van der Waals surface area (Å²) in [6.07, 6.45) is 0. The number of esters is 3. The Hall–Kier alpha value is -3.91. The zero-order chi connectivity index (χ0) is 25.6. The molecule has 2 aromatic carbocycles. The summed E-state index contributed by atoms with van der Waals surface area (Å²) in [5.41, 5.74) is 1.05. The molecule has 0 unspecified atom stereocenters. The van der Waals surface area contributed by atoms with E-state index in [0.29, 0.717) is 5.57 Å². The number of methoxy groups -OCH3 is 2. The summed E-state index contributed by atoms with van der Waals surface area (Å²) >= 11 is 4.87. The zero-order valence-electron chi connectivity index (χ0n) is 18.7. The third kappa shape index (κ3) is 10.8. The van der Waals surface area contributed by atoms with E-state index in [0.717, 1.165) is 0 Å². The summed E-state index contributed by atoms with van der Waals surface area (Å²) in [6.45, 7) is 9.82. The van der Waals surface area contributed by atoms with E-state index in [4.69, 9.17) is 21.4 Å². The summed E-state index contributed by atoms with van der Waals surface area (Å²) in [5, 5.41) is 8.65. The molecular weight excluding hydrogens is 452 g/mol. The Bertz CT molecular complexity index is 1010. The van der Waals surface area contributed by atoms with Gasteiger partial charge in [0.25, 0.3) is 0 Å². The number of phenols is 1. The van der Waals surface area contributed by atoms with Crippen LogP contribution in [-0.4, -0.2) is 42.5 Å². The van der Waals surface area contributed by atoms with E-state index in [1.165, 1.54) is 45.4 Å². The van der Waals surface area contributed by atoms with Gasteiger partial charge in [-0.2, -0.15) is 0 Å². The lowest BCUT2D eigenvalue weighted by molar-refractivity contribution is -0.130. The number of hydrogen-bond donors (Lipinski definition) is 1. The molecule has 0 radical (unpaired) electrons. The minimum Gasteiger partial charge on any atom is -0.507 e. The molecule has 0 fully saturated rings. The van der Waals surface area contributed by atoms with Crippen LogP contribution in [0.1, 0.15) is 34.6 Å². The number of phenolic OH excluding ortho intramolecular Hbond substituents is 1. The molecule has 0 saturated heterocycles. The fourth-order valence-electron chi connectivity index (χ4n) is 1.78. The van der Waals surface area contributed by atoms with Crippen LogP contribution in [-0.2, 0) is 19.1 Å². The van der Waals surface area contributed by atoms with Gasteiger partial charge in [-0.05, 0) is 49.7 Å². The van der Waals surface area contributed by atoms with Gasteiger partial charge in [0.15, 0.2) is 0 Å². The van der Waals surface area contributed by atoms with Gasteiger partial charge in [0, 0.05) is 11.1 Å². The number of aromatic hydroxyl groups is 1. The standard InChI is InChI=1S/C12H12O4.C8H8O3.C4H5ClO/c1-8(2)11(13)16-10-7-5-4-6-9(10)12(14)15-3;1-11-8(10)6-4-2-3-5-7(6)9;1-3(2)4(5)6/h4-7H,1H2,2-3H3;2-5,9H,1H3;1H2,2H3. The smallest absolute Gasteiger partial charge is 0.341 e. The Morgan fingerprint density at radius 1 is 0.788 bits per heavy atom. The van der Waals surface area contributed by atoms with E-state index in [1.807, 2.05) is 0 Å². The summed E-state index contributed by atoms with van der Waals surface area (Å²) < 4.78 is 14.0. The number of allylic oxidation sites excluding steroid dienone is 1. The summed E-state index contributed by atoms with van der Waals surface area (Å²) in [7, 11) is 2.54. The van der Waals surface area contributed by atoms with E-state index in [-0.39, 0.29) is 28.2 Å². The van der Waals surface area contributed by atoms with Gasteiger partial charge in [-0.3, -0.25) is 4.79 Å². The molecule has 0 heterocycles. The van der Waals surface area contributed by atoms with Crippen LogP contribution >= 0.6 is 11.6 Å². The molecule has 0 aliphatic heterocycles. The Balaban J connectivity index is 0.000000520. The molecule has 0 amide bonds. The molecule has 9 heteroatoms. The molecule has 0 atom stereocenters. The van der Waals surface area contributed by atoms with Crippen LogP contribution < -0.4 is 4.74 Å². The second-order valence-corrected chi connectivity index (χ2v) is 6.56. The first-order valence-electron chi connectivity index (χ1n) is 9.22.